The van der Waals surface area contributed by atoms with Crippen molar-refractivity contribution in [2.75, 3.05) is 6.61 Å². The van der Waals surface area contributed by atoms with Crippen molar-refractivity contribution in [2.45, 2.75) is 56.9 Å². The normalized spacial score (nSPS) is 24.6. The van der Waals surface area contributed by atoms with Gasteiger partial charge in [-0.2, -0.15) is 0 Å². The Morgan fingerprint density at radius 3 is 2.63 bits per heavy atom. The standard InChI is InChI=1S/C17H25BrO/c1-3-5-6-13-7-9-14(10-8-13)17(18)15-11-12-19-16(15)4-2/h7-10,15-17H,3-6,11-12H2,1-2H3. The Morgan fingerprint density at radius 2 is 2.00 bits per heavy atom. The molecule has 1 aliphatic rings. The van der Waals surface area contributed by atoms with E-state index in [0.29, 0.717) is 16.8 Å². The first-order chi connectivity index (χ1) is 9.26. The number of benzene rings is 1. The molecule has 0 N–H and O–H groups in total. The lowest BCUT2D eigenvalue weighted by atomic mass is 9.91. The zero-order valence-corrected chi connectivity index (χ0v) is 13.7. The molecule has 1 aromatic rings. The molecule has 0 amide bonds. The van der Waals surface area contributed by atoms with Crippen molar-refractivity contribution < 1.29 is 4.74 Å². The fourth-order valence-electron chi connectivity index (χ4n) is 2.92. The predicted octanol–water partition coefficient (Wildman–Crippen LogP) is 5.28. The summed E-state index contributed by atoms with van der Waals surface area (Å²) in [5.41, 5.74) is 2.86. The zero-order valence-electron chi connectivity index (χ0n) is 12.1. The first-order valence-electron chi connectivity index (χ1n) is 7.60. The van der Waals surface area contributed by atoms with Crippen LogP contribution in [0, 0.1) is 5.92 Å². The van der Waals surface area contributed by atoms with Crippen LogP contribution < -0.4 is 0 Å². The smallest absolute Gasteiger partial charge is 0.0615 e. The van der Waals surface area contributed by atoms with Gasteiger partial charge in [0, 0.05) is 17.4 Å². The van der Waals surface area contributed by atoms with Gasteiger partial charge in [0.15, 0.2) is 0 Å². The van der Waals surface area contributed by atoms with Gasteiger partial charge in [-0.25, -0.2) is 0 Å². The number of halogens is 1. The maximum atomic E-state index is 5.80. The predicted molar refractivity (Wildman–Crippen MR) is 84.9 cm³/mol. The summed E-state index contributed by atoms with van der Waals surface area (Å²) in [6.45, 7) is 5.38. The Bertz CT molecular complexity index is 373. The van der Waals surface area contributed by atoms with Crippen LogP contribution in [0.3, 0.4) is 0 Å². The second-order valence-electron chi connectivity index (χ2n) is 5.52. The van der Waals surface area contributed by atoms with Crippen LogP contribution in [-0.4, -0.2) is 12.7 Å². The van der Waals surface area contributed by atoms with E-state index in [1.54, 1.807) is 0 Å². The van der Waals surface area contributed by atoms with Crippen LogP contribution in [0.1, 0.15) is 55.5 Å². The summed E-state index contributed by atoms with van der Waals surface area (Å²) < 4.78 is 5.80. The van der Waals surface area contributed by atoms with Crippen molar-refractivity contribution in [3.05, 3.63) is 35.4 Å². The molecule has 0 radical (unpaired) electrons. The van der Waals surface area contributed by atoms with Crippen molar-refractivity contribution in [2.24, 2.45) is 5.92 Å². The topological polar surface area (TPSA) is 9.23 Å². The third-order valence-corrected chi connectivity index (χ3v) is 5.36. The highest BCUT2D eigenvalue weighted by molar-refractivity contribution is 9.09. The summed E-state index contributed by atoms with van der Waals surface area (Å²) in [5.74, 6) is 0.617. The first kappa shape index (κ1) is 15.1. The molecule has 2 rings (SSSR count). The molecule has 3 atom stereocenters. The van der Waals surface area contributed by atoms with E-state index in [1.165, 1.54) is 36.8 Å². The molecule has 3 unspecified atom stereocenters. The molecule has 1 saturated heterocycles. The summed E-state index contributed by atoms with van der Waals surface area (Å²) in [7, 11) is 0. The van der Waals surface area contributed by atoms with Crippen LogP contribution in [0.15, 0.2) is 24.3 Å². The van der Waals surface area contributed by atoms with E-state index < -0.39 is 0 Å². The second-order valence-corrected chi connectivity index (χ2v) is 6.50. The average Bonchev–Trinajstić information content (AvgIpc) is 2.93. The van der Waals surface area contributed by atoms with Gasteiger partial charge in [0.25, 0.3) is 0 Å². The van der Waals surface area contributed by atoms with Gasteiger partial charge in [-0.15, -0.1) is 0 Å². The fraction of sp³-hybridized carbons (Fsp3) is 0.647. The molecule has 0 aliphatic carbocycles. The van der Waals surface area contributed by atoms with Gasteiger partial charge in [0.1, 0.15) is 0 Å². The molecule has 1 heterocycles. The summed E-state index contributed by atoms with van der Waals surface area (Å²) in [6.07, 6.45) is 6.46. The highest BCUT2D eigenvalue weighted by atomic mass is 79.9. The fourth-order valence-corrected chi connectivity index (χ4v) is 3.83. The largest absolute Gasteiger partial charge is 0.378 e. The molecule has 0 spiro atoms. The Hall–Kier alpha value is -0.340. The van der Waals surface area contributed by atoms with Crippen molar-refractivity contribution in [1.29, 1.82) is 0 Å². The minimum atomic E-state index is 0.421. The van der Waals surface area contributed by atoms with E-state index in [0.717, 1.165) is 13.0 Å². The van der Waals surface area contributed by atoms with Gasteiger partial charge in [0.2, 0.25) is 0 Å². The summed E-state index contributed by atoms with van der Waals surface area (Å²) in [6, 6.07) is 9.15. The number of unbranched alkanes of at least 4 members (excludes halogenated alkanes) is 1. The monoisotopic (exact) mass is 324 g/mol. The van der Waals surface area contributed by atoms with Crippen molar-refractivity contribution in [3.8, 4) is 0 Å². The van der Waals surface area contributed by atoms with E-state index in [9.17, 15) is 0 Å². The highest BCUT2D eigenvalue weighted by Crippen LogP contribution is 2.40. The third-order valence-electron chi connectivity index (χ3n) is 4.16. The molecule has 1 nitrogen and oxygen atoms in total. The van der Waals surface area contributed by atoms with Gasteiger partial charge in [-0.05, 0) is 36.8 Å². The minimum Gasteiger partial charge on any atom is -0.378 e. The summed E-state index contributed by atoms with van der Waals surface area (Å²) in [4.78, 5) is 0.431. The summed E-state index contributed by atoms with van der Waals surface area (Å²) >= 11 is 3.89. The molecule has 1 aliphatic heterocycles. The lowest BCUT2D eigenvalue weighted by Crippen LogP contribution is -2.18. The zero-order chi connectivity index (χ0) is 13.7. The van der Waals surface area contributed by atoms with Gasteiger partial charge in [-0.1, -0.05) is 60.5 Å². The molecular weight excluding hydrogens is 300 g/mol. The van der Waals surface area contributed by atoms with Crippen LogP contribution in [0.5, 0.6) is 0 Å². The van der Waals surface area contributed by atoms with Crippen molar-refractivity contribution >= 4 is 15.9 Å². The van der Waals surface area contributed by atoms with E-state index in [2.05, 4.69) is 54.0 Å². The number of ether oxygens (including phenoxy) is 1. The van der Waals surface area contributed by atoms with Gasteiger partial charge in [-0.3, -0.25) is 0 Å². The van der Waals surface area contributed by atoms with E-state index >= 15 is 0 Å². The molecule has 1 fully saturated rings. The van der Waals surface area contributed by atoms with E-state index in [-0.39, 0.29) is 0 Å². The second kappa shape index (κ2) is 7.44. The first-order valence-corrected chi connectivity index (χ1v) is 8.52. The van der Waals surface area contributed by atoms with Crippen molar-refractivity contribution in [3.63, 3.8) is 0 Å². The number of alkyl halides is 1. The van der Waals surface area contributed by atoms with Crippen LogP contribution >= 0.6 is 15.9 Å². The van der Waals surface area contributed by atoms with Crippen LogP contribution in [-0.2, 0) is 11.2 Å². The van der Waals surface area contributed by atoms with Gasteiger partial charge >= 0.3 is 0 Å². The van der Waals surface area contributed by atoms with E-state index in [1.807, 2.05) is 0 Å². The third kappa shape index (κ3) is 3.82. The van der Waals surface area contributed by atoms with Crippen molar-refractivity contribution in [1.82, 2.24) is 0 Å². The maximum absolute atomic E-state index is 5.80. The minimum absolute atomic E-state index is 0.421. The van der Waals surface area contributed by atoms with Crippen LogP contribution in [0.4, 0.5) is 0 Å². The molecular formula is C17H25BrO. The van der Waals surface area contributed by atoms with Gasteiger partial charge in [0.05, 0.1) is 6.10 Å². The Kier molecular flexibility index (Phi) is 5.90. The Morgan fingerprint density at radius 1 is 1.26 bits per heavy atom. The molecule has 0 bridgehead atoms. The number of hydrogen-bond donors (Lipinski definition) is 0. The molecule has 19 heavy (non-hydrogen) atoms. The Balaban J connectivity index is 2.00. The van der Waals surface area contributed by atoms with Gasteiger partial charge < -0.3 is 4.74 Å². The SMILES string of the molecule is CCCCc1ccc(C(Br)C2CCOC2CC)cc1. The lowest BCUT2D eigenvalue weighted by molar-refractivity contribution is 0.0873. The maximum Gasteiger partial charge on any atom is 0.0615 e. The Labute approximate surface area is 125 Å². The average molecular weight is 325 g/mol. The van der Waals surface area contributed by atoms with E-state index in [4.69, 9.17) is 4.74 Å². The molecule has 1 aromatic carbocycles. The quantitative estimate of drug-likeness (QED) is 0.647. The van der Waals surface area contributed by atoms with Crippen LogP contribution in [0.2, 0.25) is 0 Å². The number of rotatable bonds is 6. The number of hydrogen-bond acceptors (Lipinski definition) is 1. The molecule has 2 heteroatoms. The highest BCUT2D eigenvalue weighted by Gasteiger charge is 2.32. The lowest BCUT2D eigenvalue weighted by Gasteiger charge is -2.23. The van der Waals surface area contributed by atoms with Crippen LogP contribution in [0.25, 0.3) is 0 Å². The number of aryl methyl sites for hydroxylation is 1. The molecule has 0 aromatic heterocycles. The molecule has 106 valence electrons. The summed E-state index contributed by atoms with van der Waals surface area (Å²) in [5, 5.41) is 0. The molecule has 0 saturated carbocycles.